The van der Waals surface area contributed by atoms with E-state index in [4.69, 9.17) is 20.2 Å². The predicted octanol–water partition coefficient (Wildman–Crippen LogP) is 0.580. The highest BCUT2D eigenvalue weighted by Gasteiger charge is 2.08. The van der Waals surface area contributed by atoms with Crippen LogP contribution >= 0.6 is 0 Å². The number of nitriles is 1. The molecule has 0 atom stereocenters. The van der Waals surface area contributed by atoms with Crippen molar-refractivity contribution >= 4 is 5.97 Å². The van der Waals surface area contributed by atoms with Crippen LogP contribution in [0.3, 0.4) is 0 Å². The molecule has 20 heavy (non-hydrogen) atoms. The first kappa shape index (κ1) is 18.2. The van der Waals surface area contributed by atoms with E-state index in [0.717, 1.165) is 12.8 Å². The number of carbonyl (C=O) groups is 1. The molecule has 0 bridgehead atoms. The normalized spacial score (nSPS) is 11.4. The van der Waals surface area contributed by atoms with Crippen molar-refractivity contribution in [3.05, 3.63) is 23.9 Å². The van der Waals surface area contributed by atoms with Crippen LogP contribution in [-0.2, 0) is 9.53 Å². The molecule has 0 aromatic carbocycles. The molecule has 0 aliphatic carbocycles. The van der Waals surface area contributed by atoms with Crippen LogP contribution in [0.4, 0.5) is 0 Å². The van der Waals surface area contributed by atoms with Crippen LogP contribution in [-0.4, -0.2) is 54.0 Å². The molecule has 0 saturated carbocycles. The molecule has 2 N–H and O–H groups in total. The van der Waals surface area contributed by atoms with E-state index in [1.165, 1.54) is 12.2 Å². The van der Waals surface area contributed by atoms with Gasteiger partial charge in [-0.3, -0.25) is 0 Å². The minimum atomic E-state index is -0.638. The number of unbranched alkanes of at least 4 members (excludes halogenated alkanes) is 1. The second-order valence-corrected chi connectivity index (χ2v) is 4.01. The quantitative estimate of drug-likeness (QED) is 0.200. The topological polar surface area (TPSA) is 93.8 Å². The highest BCUT2D eigenvalue weighted by atomic mass is 16.5. The van der Waals surface area contributed by atoms with Crippen LogP contribution in [0.1, 0.15) is 19.8 Å². The lowest BCUT2D eigenvalue weighted by Gasteiger charge is -2.16. The van der Waals surface area contributed by atoms with E-state index in [9.17, 15) is 4.79 Å². The number of aliphatic hydroxyl groups excluding tert-OH is 2. The monoisotopic (exact) mass is 282 g/mol. The van der Waals surface area contributed by atoms with Crippen molar-refractivity contribution in [2.75, 3.05) is 32.9 Å². The number of hydrogen-bond donors (Lipinski definition) is 2. The third-order valence-electron chi connectivity index (χ3n) is 2.41. The van der Waals surface area contributed by atoms with Gasteiger partial charge in [0.1, 0.15) is 11.6 Å². The zero-order valence-corrected chi connectivity index (χ0v) is 11.8. The Kier molecular flexibility index (Phi) is 11.1. The first-order valence-electron chi connectivity index (χ1n) is 6.61. The van der Waals surface area contributed by atoms with Crippen LogP contribution in [0, 0.1) is 11.3 Å². The van der Waals surface area contributed by atoms with Crippen molar-refractivity contribution in [3.63, 3.8) is 0 Å². The molecule has 0 spiro atoms. The second kappa shape index (κ2) is 12.2. The van der Waals surface area contributed by atoms with Crippen LogP contribution in [0.5, 0.6) is 0 Å². The van der Waals surface area contributed by atoms with E-state index in [-0.39, 0.29) is 18.8 Å². The Morgan fingerprint density at radius 3 is 2.50 bits per heavy atom. The van der Waals surface area contributed by atoms with Crippen LogP contribution < -0.4 is 0 Å². The Morgan fingerprint density at radius 2 is 2.00 bits per heavy atom. The maximum atomic E-state index is 11.5. The van der Waals surface area contributed by atoms with Gasteiger partial charge < -0.3 is 19.8 Å². The number of ether oxygens (including phenoxy) is 1. The van der Waals surface area contributed by atoms with Crippen LogP contribution in [0.15, 0.2) is 23.9 Å². The highest BCUT2D eigenvalue weighted by molar-refractivity contribution is 5.93. The van der Waals surface area contributed by atoms with Gasteiger partial charge in [0.15, 0.2) is 0 Å². The average Bonchev–Trinajstić information content (AvgIpc) is 2.44. The Bertz CT molecular complexity index is 366. The zero-order valence-electron chi connectivity index (χ0n) is 11.8. The SMILES string of the molecule is CCCCOC(=O)C(C#N)=CC=CN(CCO)CCO. The van der Waals surface area contributed by atoms with E-state index < -0.39 is 5.97 Å². The summed E-state index contributed by atoms with van der Waals surface area (Å²) in [4.78, 5) is 13.2. The lowest BCUT2D eigenvalue weighted by Crippen LogP contribution is -2.24. The number of esters is 1. The number of carbonyl (C=O) groups excluding carboxylic acids is 1. The summed E-state index contributed by atoms with van der Waals surface area (Å²) in [7, 11) is 0. The minimum absolute atomic E-state index is 0.0434. The fraction of sp³-hybridized carbons (Fsp3) is 0.571. The van der Waals surface area contributed by atoms with Crippen molar-refractivity contribution < 1.29 is 19.7 Å². The van der Waals surface area contributed by atoms with E-state index >= 15 is 0 Å². The Balaban J connectivity index is 4.48. The lowest BCUT2D eigenvalue weighted by molar-refractivity contribution is -0.138. The van der Waals surface area contributed by atoms with Gasteiger partial charge in [0, 0.05) is 13.1 Å². The van der Waals surface area contributed by atoms with Gasteiger partial charge in [-0.1, -0.05) is 13.3 Å². The van der Waals surface area contributed by atoms with Crippen LogP contribution in [0.25, 0.3) is 0 Å². The smallest absolute Gasteiger partial charge is 0.348 e. The van der Waals surface area contributed by atoms with E-state index in [1.807, 2.05) is 6.92 Å². The standard InChI is InChI=1S/C14H22N2O4/c1-2-3-11-20-14(19)13(12-15)5-4-6-16(7-9-17)8-10-18/h4-6,17-18H,2-3,7-11H2,1H3. The molecule has 0 aromatic rings. The maximum Gasteiger partial charge on any atom is 0.348 e. The molecule has 0 aliphatic heterocycles. The number of aliphatic hydroxyl groups is 2. The van der Waals surface area contributed by atoms with Gasteiger partial charge in [-0.25, -0.2) is 4.79 Å². The number of rotatable bonds is 10. The van der Waals surface area contributed by atoms with E-state index in [0.29, 0.717) is 19.7 Å². The summed E-state index contributed by atoms with van der Waals surface area (Å²) >= 11 is 0. The summed E-state index contributed by atoms with van der Waals surface area (Å²) in [6.45, 7) is 2.94. The zero-order chi connectivity index (χ0) is 15.2. The maximum absolute atomic E-state index is 11.5. The molecule has 0 aromatic heterocycles. The molecule has 0 amide bonds. The molecule has 0 unspecified atom stereocenters. The van der Waals surface area contributed by atoms with Crippen molar-refractivity contribution in [3.8, 4) is 6.07 Å². The molecule has 0 rings (SSSR count). The van der Waals surface area contributed by atoms with Crippen molar-refractivity contribution in [1.82, 2.24) is 4.90 Å². The van der Waals surface area contributed by atoms with Gasteiger partial charge in [0.05, 0.1) is 19.8 Å². The minimum Gasteiger partial charge on any atom is -0.462 e. The molecule has 0 saturated heterocycles. The fourth-order valence-electron chi connectivity index (χ4n) is 1.32. The first-order valence-corrected chi connectivity index (χ1v) is 6.61. The fourth-order valence-corrected chi connectivity index (χ4v) is 1.32. The molecule has 0 fully saturated rings. The average molecular weight is 282 g/mol. The van der Waals surface area contributed by atoms with Crippen molar-refractivity contribution in [1.29, 1.82) is 5.26 Å². The van der Waals surface area contributed by atoms with Gasteiger partial charge in [0.25, 0.3) is 0 Å². The Morgan fingerprint density at radius 1 is 1.35 bits per heavy atom. The molecular formula is C14H22N2O4. The van der Waals surface area contributed by atoms with Gasteiger partial charge in [-0.05, 0) is 24.8 Å². The summed E-state index contributed by atoms with van der Waals surface area (Å²) in [5.41, 5.74) is -0.0784. The van der Waals surface area contributed by atoms with Crippen molar-refractivity contribution in [2.45, 2.75) is 19.8 Å². The highest BCUT2D eigenvalue weighted by Crippen LogP contribution is 2.00. The summed E-state index contributed by atoms with van der Waals surface area (Å²) in [5.74, 6) is -0.638. The van der Waals surface area contributed by atoms with Crippen LogP contribution in [0.2, 0.25) is 0 Å². The molecule has 0 aliphatic rings. The molecule has 0 radical (unpaired) electrons. The summed E-state index contributed by atoms with van der Waals surface area (Å²) in [5, 5.41) is 26.5. The molecule has 6 nitrogen and oxygen atoms in total. The van der Waals surface area contributed by atoms with Crippen molar-refractivity contribution in [2.24, 2.45) is 0 Å². The van der Waals surface area contributed by atoms with Gasteiger partial charge in [-0.2, -0.15) is 5.26 Å². The third kappa shape index (κ3) is 8.29. The summed E-state index contributed by atoms with van der Waals surface area (Å²) in [6, 6.07) is 1.78. The molecule has 112 valence electrons. The second-order valence-electron chi connectivity index (χ2n) is 4.01. The number of nitrogens with zero attached hydrogens (tertiary/aromatic N) is 2. The van der Waals surface area contributed by atoms with Gasteiger partial charge in [0.2, 0.25) is 0 Å². The first-order chi connectivity index (χ1) is 9.69. The number of allylic oxidation sites excluding steroid dienone is 2. The predicted molar refractivity (Wildman–Crippen MR) is 74.4 cm³/mol. The van der Waals surface area contributed by atoms with Gasteiger partial charge >= 0.3 is 5.97 Å². The Labute approximate surface area is 119 Å². The molecule has 6 heteroatoms. The summed E-state index contributed by atoms with van der Waals surface area (Å²) < 4.78 is 4.93. The third-order valence-corrected chi connectivity index (χ3v) is 2.41. The Hall–Kier alpha value is -1.84. The van der Waals surface area contributed by atoms with E-state index in [1.54, 1.807) is 17.2 Å². The van der Waals surface area contributed by atoms with E-state index in [2.05, 4.69) is 0 Å². The molecular weight excluding hydrogens is 260 g/mol. The molecule has 0 heterocycles. The lowest BCUT2D eigenvalue weighted by atomic mass is 10.2. The largest absolute Gasteiger partial charge is 0.462 e. The summed E-state index contributed by atoms with van der Waals surface area (Å²) in [6.07, 6.45) is 6.15. The number of hydrogen-bond acceptors (Lipinski definition) is 6. The van der Waals surface area contributed by atoms with Gasteiger partial charge in [-0.15, -0.1) is 0 Å².